The Balaban J connectivity index is 1.16. The molecule has 11 heteroatoms. The standard InChI is InChI=1S/C28H31N5O6/c1-4-31(28(35)20-6-9-23-25(16-20)39-18-38-23)17-27(34)33-13-11-32(12-14-33)26-10-7-21(29-30-26)19-5-8-22(36-2)24(15-19)37-3/h5-10,15-16H,4,11-14,17-18H2,1-3H3. The van der Waals surface area contributed by atoms with Crippen LogP contribution in [0.5, 0.6) is 23.0 Å². The van der Waals surface area contributed by atoms with Gasteiger partial charge >= 0.3 is 0 Å². The highest BCUT2D eigenvalue weighted by molar-refractivity contribution is 5.97. The first kappa shape index (κ1) is 26.1. The zero-order valence-electron chi connectivity index (χ0n) is 22.3. The minimum absolute atomic E-state index is 0.0175. The van der Waals surface area contributed by atoms with Crippen LogP contribution in [-0.4, -0.2) is 92.1 Å². The predicted octanol–water partition coefficient (Wildman–Crippen LogP) is 2.70. The normalized spacial score (nSPS) is 14.2. The molecule has 1 aromatic heterocycles. The van der Waals surface area contributed by atoms with Crippen LogP contribution >= 0.6 is 0 Å². The van der Waals surface area contributed by atoms with E-state index in [1.54, 1.807) is 42.2 Å². The van der Waals surface area contributed by atoms with Gasteiger partial charge in [-0.15, -0.1) is 10.2 Å². The average molecular weight is 534 g/mol. The molecule has 204 valence electrons. The van der Waals surface area contributed by atoms with Crippen molar-refractivity contribution < 1.29 is 28.5 Å². The van der Waals surface area contributed by atoms with Gasteiger partial charge in [0.2, 0.25) is 12.7 Å². The molecule has 0 radical (unpaired) electrons. The summed E-state index contributed by atoms with van der Waals surface area (Å²) in [7, 11) is 3.19. The van der Waals surface area contributed by atoms with Gasteiger partial charge in [-0.3, -0.25) is 9.59 Å². The monoisotopic (exact) mass is 533 g/mol. The van der Waals surface area contributed by atoms with Crippen LogP contribution in [0.1, 0.15) is 17.3 Å². The van der Waals surface area contributed by atoms with Gasteiger partial charge in [-0.1, -0.05) is 0 Å². The lowest BCUT2D eigenvalue weighted by atomic mass is 10.1. The maximum atomic E-state index is 13.1. The number of carbonyl (C=O) groups excluding carboxylic acids is 2. The molecule has 3 heterocycles. The van der Waals surface area contributed by atoms with Crippen molar-refractivity contribution in [2.24, 2.45) is 0 Å². The first-order valence-corrected chi connectivity index (χ1v) is 12.8. The third-order valence-electron chi connectivity index (χ3n) is 6.90. The summed E-state index contributed by atoms with van der Waals surface area (Å²) in [5.41, 5.74) is 2.06. The number of piperazine rings is 1. The van der Waals surface area contributed by atoms with Gasteiger partial charge in [0.25, 0.3) is 5.91 Å². The summed E-state index contributed by atoms with van der Waals surface area (Å²) in [6, 6.07) is 14.5. The molecule has 0 unspecified atom stereocenters. The number of carbonyl (C=O) groups is 2. The largest absolute Gasteiger partial charge is 0.493 e. The third kappa shape index (κ3) is 5.52. The number of anilines is 1. The van der Waals surface area contributed by atoms with Crippen molar-refractivity contribution in [1.82, 2.24) is 20.0 Å². The molecule has 3 aromatic rings. The number of rotatable bonds is 8. The molecule has 39 heavy (non-hydrogen) atoms. The SMILES string of the molecule is CCN(CC(=O)N1CCN(c2ccc(-c3ccc(OC)c(OC)c3)nn2)CC1)C(=O)c1ccc2c(c1)OCO2. The predicted molar refractivity (Wildman–Crippen MR) is 144 cm³/mol. The summed E-state index contributed by atoms with van der Waals surface area (Å²) < 4.78 is 21.4. The van der Waals surface area contributed by atoms with Gasteiger partial charge < -0.3 is 33.6 Å². The van der Waals surface area contributed by atoms with Crippen molar-refractivity contribution in [3.63, 3.8) is 0 Å². The second kappa shape index (κ2) is 11.5. The summed E-state index contributed by atoms with van der Waals surface area (Å²) >= 11 is 0. The Morgan fingerprint density at radius 1 is 0.897 bits per heavy atom. The first-order chi connectivity index (χ1) is 19.0. The molecule has 2 aliphatic heterocycles. The summed E-state index contributed by atoms with van der Waals surface area (Å²) in [5.74, 6) is 2.88. The van der Waals surface area contributed by atoms with E-state index in [-0.39, 0.29) is 25.2 Å². The van der Waals surface area contributed by atoms with Gasteiger partial charge in [0, 0.05) is 43.9 Å². The van der Waals surface area contributed by atoms with Crippen LogP contribution in [0.2, 0.25) is 0 Å². The van der Waals surface area contributed by atoms with Crippen LogP contribution in [0.15, 0.2) is 48.5 Å². The first-order valence-electron chi connectivity index (χ1n) is 12.8. The molecule has 0 atom stereocenters. The fourth-order valence-electron chi connectivity index (χ4n) is 4.63. The molecule has 0 bridgehead atoms. The van der Waals surface area contributed by atoms with Crippen LogP contribution in [0.4, 0.5) is 5.82 Å². The van der Waals surface area contributed by atoms with Gasteiger partial charge in [-0.2, -0.15) is 0 Å². The lowest BCUT2D eigenvalue weighted by molar-refractivity contribution is -0.132. The number of hydrogen-bond donors (Lipinski definition) is 0. The fraction of sp³-hybridized carbons (Fsp3) is 0.357. The van der Waals surface area contributed by atoms with Crippen molar-refractivity contribution in [2.75, 3.05) is 65.2 Å². The van der Waals surface area contributed by atoms with Gasteiger partial charge in [0.15, 0.2) is 28.8 Å². The Kier molecular flexibility index (Phi) is 7.67. The number of methoxy groups -OCH3 is 2. The third-order valence-corrected chi connectivity index (χ3v) is 6.90. The Bertz CT molecular complexity index is 1340. The van der Waals surface area contributed by atoms with Crippen LogP contribution in [0.25, 0.3) is 11.3 Å². The average Bonchev–Trinajstić information content (AvgIpc) is 3.47. The number of nitrogens with zero attached hydrogens (tertiary/aromatic N) is 5. The Morgan fingerprint density at radius 3 is 2.36 bits per heavy atom. The second-order valence-corrected chi connectivity index (χ2v) is 9.10. The topological polar surface area (TPSA) is 107 Å². The van der Waals surface area contributed by atoms with E-state index >= 15 is 0 Å². The molecule has 2 amide bonds. The van der Waals surface area contributed by atoms with E-state index < -0.39 is 0 Å². The molecule has 1 fully saturated rings. The van der Waals surface area contributed by atoms with Gasteiger partial charge in [-0.05, 0) is 55.5 Å². The van der Waals surface area contributed by atoms with E-state index in [2.05, 4.69) is 15.1 Å². The number of hydrogen-bond acceptors (Lipinski definition) is 9. The van der Waals surface area contributed by atoms with E-state index in [4.69, 9.17) is 18.9 Å². The molecule has 0 saturated carbocycles. The highest BCUT2D eigenvalue weighted by atomic mass is 16.7. The van der Waals surface area contributed by atoms with E-state index in [9.17, 15) is 9.59 Å². The quantitative estimate of drug-likeness (QED) is 0.432. The molecule has 1 saturated heterocycles. The number of fused-ring (bicyclic) bond motifs is 1. The molecule has 2 aromatic carbocycles. The molecular weight excluding hydrogens is 502 g/mol. The number of likely N-dealkylation sites (N-methyl/N-ethyl adjacent to an activating group) is 1. The van der Waals surface area contributed by atoms with Crippen LogP contribution in [0.3, 0.4) is 0 Å². The highest BCUT2D eigenvalue weighted by Gasteiger charge is 2.26. The van der Waals surface area contributed by atoms with E-state index in [1.807, 2.05) is 37.3 Å². The van der Waals surface area contributed by atoms with Crippen LogP contribution in [-0.2, 0) is 4.79 Å². The highest BCUT2D eigenvalue weighted by Crippen LogP contribution is 2.33. The minimum Gasteiger partial charge on any atom is -0.493 e. The summed E-state index contributed by atoms with van der Waals surface area (Å²) in [6.07, 6.45) is 0. The number of amides is 2. The molecule has 0 spiro atoms. The zero-order chi connectivity index (χ0) is 27.4. The Morgan fingerprint density at radius 2 is 1.67 bits per heavy atom. The van der Waals surface area contributed by atoms with Gasteiger partial charge in [-0.25, -0.2) is 0 Å². The molecule has 11 nitrogen and oxygen atoms in total. The molecule has 0 N–H and O–H groups in total. The summed E-state index contributed by atoms with van der Waals surface area (Å²) in [4.78, 5) is 31.5. The maximum Gasteiger partial charge on any atom is 0.254 e. The van der Waals surface area contributed by atoms with E-state index in [0.717, 1.165) is 17.1 Å². The van der Waals surface area contributed by atoms with Gasteiger partial charge in [0.05, 0.1) is 19.9 Å². The van der Waals surface area contributed by atoms with E-state index in [1.165, 1.54) is 0 Å². The van der Waals surface area contributed by atoms with Gasteiger partial charge in [0.1, 0.15) is 6.54 Å². The van der Waals surface area contributed by atoms with Crippen LogP contribution < -0.4 is 23.8 Å². The molecule has 5 rings (SSSR count). The fourth-order valence-corrected chi connectivity index (χ4v) is 4.63. The van der Waals surface area contributed by atoms with Crippen molar-refractivity contribution >= 4 is 17.6 Å². The lowest BCUT2D eigenvalue weighted by Crippen LogP contribution is -2.52. The Labute approximate surface area is 226 Å². The maximum absolute atomic E-state index is 13.1. The lowest BCUT2D eigenvalue weighted by Gasteiger charge is -2.36. The number of aromatic nitrogens is 2. The van der Waals surface area contributed by atoms with Crippen molar-refractivity contribution in [3.05, 3.63) is 54.1 Å². The molecule has 0 aliphatic carbocycles. The Hall–Kier alpha value is -4.54. The number of ether oxygens (including phenoxy) is 4. The molecule has 2 aliphatic rings. The second-order valence-electron chi connectivity index (χ2n) is 9.10. The van der Waals surface area contributed by atoms with E-state index in [0.29, 0.717) is 61.3 Å². The smallest absolute Gasteiger partial charge is 0.254 e. The van der Waals surface area contributed by atoms with Crippen molar-refractivity contribution in [3.8, 4) is 34.3 Å². The molecular formula is C28H31N5O6. The summed E-state index contributed by atoms with van der Waals surface area (Å²) in [6.45, 7) is 4.76. The van der Waals surface area contributed by atoms with Crippen molar-refractivity contribution in [2.45, 2.75) is 6.92 Å². The number of benzene rings is 2. The summed E-state index contributed by atoms with van der Waals surface area (Å²) in [5, 5.41) is 8.82. The van der Waals surface area contributed by atoms with Crippen LogP contribution in [0, 0.1) is 0 Å². The van der Waals surface area contributed by atoms with Crippen molar-refractivity contribution in [1.29, 1.82) is 0 Å². The zero-order valence-corrected chi connectivity index (χ0v) is 22.3. The minimum atomic E-state index is -0.215.